The minimum Gasteiger partial charge on any atom is -0.490 e. The molecule has 5 aliphatic rings. The molecule has 12 heteroatoms. The second kappa shape index (κ2) is 16.6. The van der Waals surface area contributed by atoms with E-state index in [4.69, 9.17) is 18.9 Å². The predicted molar refractivity (Wildman–Crippen MR) is 217 cm³/mol. The summed E-state index contributed by atoms with van der Waals surface area (Å²) in [5.41, 5.74) is 1.43. The van der Waals surface area contributed by atoms with Crippen molar-refractivity contribution in [2.45, 2.75) is 135 Å². The van der Waals surface area contributed by atoms with Crippen molar-refractivity contribution in [2.75, 3.05) is 57.3 Å². The highest BCUT2D eigenvalue weighted by atomic mass is 19.1. The van der Waals surface area contributed by atoms with Gasteiger partial charge in [-0.2, -0.15) is 0 Å². The van der Waals surface area contributed by atoms with E-state index in [9.17, 15) is 14.4 Å². The fourth-order valence-electron chi connectivity index (χ4n) is 9.27. The van der Waals surface area contributed by atoms with Crippen LogP contribution in [0.4, 0.5) is 19.7 Å². The normalized spacial score (nSPS) is 23.7. The van der Waals surface area contributed by atoms with E-state index in [0.717, 1.165) is 75.0 Å². The van der Waals surface area contributed by atoms with E-state index in [2.05, 4.69) is 4.90 Å². The van der Waals surface area contributed by atoms with Crippen LogP contribution in [0.15, 0.2) is 36.4 Å². The molecule has 1 saturated carbocycles. The third-order valence-corrected chi connectivity index (χ3v) is 12.2. The van der Waals surface area contributed by atoms with Gasteiger partial charge in [0.25, 0.3) is 5.91 Å². The smallest absolute Gasteiger partial charge is 0.410 e. The van der Waals surface area contributed by atoms with Crippen LogP contribution in [0.2, 0.25) is 0 Å². The number of halogens is 1. The Labute approximate surface area is 338 Å². The lowest BCUT2D eigenvalue weighted by Gasteiger charge is -2.33. The standard InChI is InChI=1S/C45H63FN4O7/c1-43(2,3)56-41(52)48-21-16-36(28-48)55-39-13-12-32(24-38(39)31-10-8-7-9-11-31)40(51)47-19-14-35(15-20-47)54-37-26-33(46)25-34(27-37)49-22-17-45(29-49)18-23-50(30-45)42(53)57-44(4,5)6/h12-13,24-27,31,35-36H,7-11,14-23,28-30H2,1-6H3/t36-,45?/m0/s1. The van der Waals surface area contributed by atoms with Crippen LogP contribution in [0.1, 0.15) is 128 Å². The van der Waals surface area contributed by atoms with Crippen LogP contribution in [0.25, 0.3) is 0 Å². The van der Waals surface area contributed by atoms with Crippen molar-refractivity contribution in [1.29, 1.82) is 0 Å². The average Bonchev–Trinajstić information content (AvgIpc) is 3.91. The molecular formula is C45H63FN4O7. The third-order valence-electron chi connectivity index (χ3n) is 12.2. The third kappa shape index (κ3) is 10.3. The molecule has 2 aromatic carbocycles. The van der Waals surface area contributed by atoms with Crippen LogP contribution in [0, 0.1) is 11.2 Å². The number of ether oxygens (including phenoxy) is 4. The minimum atomic E-state index is -0.551. The Morgan fingerprint density at radius 1 is 0.684 bits per heavy atom. The fraction of sp³-hybridized carbons (Fsp3) is 0.667. The summed E-state index contributed by atoms with van der Waals surface area (Å²) in [6.07, 6.45) is 8.68. The Hall–Kier alpha value is -4.22. The van der Waals surface area contributed by atoms with E-state index < -0.39 is 11.2 Å². The molecular weight excluding hydrogens is 728 g/mol. The van der Waals surface area contributed by atoms with Crippen LogP contribution in [0.5, 0.6) is 11.5 Å². The molecule has 1 spiro atoms. The number of nitrogens with zero attached hydrogens (tertiary/aromatic N) is 4. The lowest BCUT2D eigenvalue weighted by molar-refractivity contribution is 0.0266. The molecule has 0 bridgehead atoms. The largest absolute Gasteiger partial charge is 0.490 e. The SMILES string of the molecule is CC(C)(C)OC(=O)N1CC[C@H](Oc2ccc(C(=O)N3CCC(Oc4cc(F)cc(N5CCC6(CCN(C(=O)OC(C)(C)C)C6)C5)c4)CC3)cc2C2CCCCC2)C1. The molecule has 1 unspecified atom stereocenters. The second-order valence-corrected chi connectivity index (χ2v) is 19.1. The van der Waals surface area contributed by atoms with E-state index in [1.165, 1.54) is 12.5 Å². The van der Waals surface area contributed by atoms with E-state index in [-0.39, 0.29) is 41.5 Å². The fourth-order valence-corrected chi connectivity index (χ4v) is 9.27. The van der Waals surface area contributed by atoms with Gasteiger partial charge < -0.3 is 38.5 Å². The number of hydrogen-bond donors (Lipinski definition) is 0. The summed E-state index contributed by atoms with van der Waals surface area (Å²) in [7, 11) is 0. The van der Waals surface area contributed by atoms with Crippen LogP contribution < -0.4 is 14.4 Å². The Bertz CT molecular complexity index is 1780. The van der Waals surface area contributed by atoms with Crippen molar-refractivity contribution < 1.29 is 37.7 Å². The van der Waals surface area contributed by atoms with Gasteiger partial charge in [0.05, 0.1) is 6.54 Å². The molecule has 1 aliphatic carbocycles. The van der Waals surface area contributed by atoms with Crippen LogP contribution in [0.3, 0.4) is 0 Å². The Balaban J connectivity index is 0.943. The number of piperidine rings is 1. The van der Waals surface area contributed by atoms with Crippen molar-refractivity contribution in [2.24, 2.45) is 5.41 Å². The van der Waals surface area contributed by atoms with Crippen molar-refractivity contribution in [3.8, 4) is 11.5 Å². The van der Waals surface area contributed by atoms with E-state index in [1.807, 2.05) is 75.6 Å². The lowest BCUT2D eigenvalue weighted by Crippen LogP contribution is -2.41. The van der Waals surface area contributed by atoms with Gasteiger partial charge in [0.15, 0.2) is 0 Å². The first kappa shape index (κ1) is 41.0. The molecule has 5 fully saturated rings. The van der Waals surface area contributed by atoms with Crippen molar-refractivity contribution >= 4 is 23.8 Å². The van der Waals surface area contributed by atoms with Crippen LogP contribution >= 0.6 is 0 Å². The molecule has 11 nitrogen and oxygen atoms in total. The van der Waals surface area contributed by atoms with E-state index in [1.54, 1.807) is 11.0 Å². The molecule has 3 amide bonds. The first-order valence-corrected chi connectivity index (χ1v) is 21.3. The van der Waals surface area contributed by atoms with Gasteiger partial charge in [0.2, 0.25) is 0 Å². The maximum atomic E-state index is 15.0. The molecule has 312 valence electrons. The zero-order valence-electron chi connectivity index (χ0n) is 34.9. The number of carbonyl (C=O) groups excluding carboxylic acids is 3. The van der Waals surface area contributed by atoms with E-state index in [0.29, 0.717) is 69.3 Å². The van der Waals surface area contributed by atoms with Gasteiger partial charge in [-0.1, -0.05) is 19.3 Å². The summed E-state index contributed by atoms with van der Waals surface area (Å²) >= 11 is 0. The first-order valence-electron chi connectivity index (χ1n) is 21.3. The van der Waals surface area contributed by atoms with Crippen molar-refractivity contribution in [3.05, 3.63) is 53.3 Å². The van der Waals surface area contributed by atoms with Crippen LogP contribution in [-0.2, 0) is 9.47 Å². The molecule has 0 aromatic heterocycles. The number of hydrogen-bond acceptors (Lipinski definition) is 8. The van der Waals surface area contributed by atoms with Gasteiger partial charge in [0.1, 0.15) is 40.7 Å². The Kier molecular flexibility index (Phi) is 11.9. The number of amides is 3. The quantitative estimate of drug-likeness (QED) is 0.275. The monoisotopic (exact) mass is 790 g/mol. The highest BCUT2D eigenvalue weighted by molar-refractivity contribution is 5.94. The number of carbonyl (C=O) groups is 3. The van der Waals surface area contributed by atoms with Crippen molar-refractivity contribution in [3.63, 3.8) is 0 Å². The van der Waals surface area contributed by atoms with Gasteiger partial charge >= 0.3 is 12.2 Å². The maximum absolute atomic E-state index is 15.0. The number of anilines is 1. The summed E-state index contributed by atoms with van der Waals surface area (Å²) in [5, 5.41) is 0. The zero-order chi connectivity index (χ0) is 40.5. The lowest BCUT2D eigenvalue weighted by atomic mass is 9.83. The Morgan fingerprint density at radius 2 is 1.33 bits per heavy atom. The van der Waals surface area contributed by atoms with Gasteiger partial charge in [-0.3, -0.25) is 4.79 Å². The molecule has 4 saturated heterocycles. The minimum absolute atomic E-state index is 0.00202. The maximum Gasteiger partial charge on any atom is 0.410 e. The molecule has 7 rings (SSSR count). The zero-order valence-corrected chi connectivity index (χ0v) is 34.9. The van der Waals surface area contributed by atoms with Gasteiger partial charge in [-0.15, -0.1) is 0 Å². The first-order chi connectivity index (χ1) is 27.0. The summed E-state index contributed by atoms with van der Waals surface area (Å²) in [6, 6.07) is 10.8. The summed E-state index contributed by atoms with van der Waals surface area (Å²) < 4.78 is 39.2. The topological polar surface area (TPSA) is 101 Å². The average molecular weight is 791 g/mol. The van der Waals surface area contributed by atoms with Gasteiger partial charge in [0, 0.05) is 93.9 Å². The molecule has 4 heterocycles. The molecule has 2 aromatic rings. The summed E-state index contributed by atoms with van der Waals surface area (Å²) in [5.74, 6) is 1.30. The molecule has 4 aliphatic heterocycles. The number of rotatable bonds is 7. The number of benzene rings is 2. The highest BCUT2D eigenvalue weighted by Gasteiger charge is 2.46. The van der Waals surface area contributed by atoms with Crippen LogP contribution in [-0.4, -0.2) is 109 Å². The highest BCUT2D eigenvalue weighted by Crippen LogP contribution is 2.43. The molecule has 57 heavy (non-hydrogen) atoms. The number of likely N-dealkylation sites (tertiary alicyclic amines) is 3. The predicted octanol–water partition coefficient (Wildman–Crippen LogP) is 8.78. The second-order valence-electron chi connectivity index (χ2n) is 19.1. The van der Waals surface area contributed by atoms with Gasteiger partial charge in [-0.05, 0) is 103 Å². The summed E-state index contributed by atoms with van der Waals surface area (Å²) in [4.78, 5) is 47.0. The summed E-state index contributed by atoms with van der Waals surface area (Å²) in [6.45, 7) is 16.3. The Morgan fingerprint density at radius 3 is 2.04 bits per heavy atom. The van der Waals surface area contributed by atoms with Crippen molar-refractivity contribution in [1.82, 2.24) is 14.7 Å². The van der Waals surface area contributed by atoms with Gasteiger partial charge in [-0.25, -0.2) is 14.0 Å². The molecule has 2 atom stereocenters. The van der Waals surface area contributed by atoms with E-state index >= 15 is 4.39 Å². The molecule has 0 N–H and O–H groups in total. The molecule has 0 radical (unpaired) electrons.